The number of carbonyl (C=O) groups excluding carboxylic acids is 1. The highest BCUT2D eigenvalue weighted by molar-refractivity contribution is 7.90. The largest absolute Gasteiger partial charge is 0.455 e. The van der Waals surface area contributed by atoms with Gasteiger partial charge in [-0.25, -0.2) is 18.1 Å². The molecule has 1 amide bonds. The molecule has 0 radical (unpaired) electrons. The van der Waals surface area contributed by atoms with E-state index < -0.39 is 15.9 Å². The van der Waals surface area contributed by atoms with Crippen molar-refractivity contribution in [1.29, 1.82) is 0 Å². The molecule has 5 heterocycles. The fourth-order valence-electron chi connectivity index (χ4n) is 8.65. The number of fused-ring (bicyclic) bond motifs is 1. The number of nitrogens with zero attached hydrogens (tertiary/aromatic N) is 4. The Bertz CT molecular complexity index is 2320. The van der Waals surface area contributed by atoms with Crippen molar-refractivity contribution < 1.29 is 22.7 Å². The van der Waals surface area contributed by atoms with Gasteiger partial charge in [-0.05, 0) is 124 Å². The molecule has 12 nitrogen and oxygen atoms in total. The van der Waals surface area contributed by atoms with E-state index in [1.807, 2.05) is 43.3 Å². The van der Waals surface area contributed by atoms with Crippen molar-refractivity contribution in [2.75, 3.05) is 75.8 Å². The number of sulfonamides is 1. The highest BCUT2D eigenvalue weighted by Crippen LogP contribution is 2.36. The highest BCUT2D eigenvalue weighted by atomic mass is 35.5. The monoisotopic (exact) mass is 839 g/mol. The van der Waals surface area contributed by atoms with Gasteiger partial charge in [-0.1, -0.05) is 30.2 Å². The second kappa shape index (κ2) is 18.7. The summed E-state index contributed by atoms with van der Waals surface area (Å²) in [4.78, 5) is 28.8. The van der Waals surface area contributed by atoms with Crippen molar-refractivity contribution in [3.8, 4) is 11.5 Å². The van der Waals surface area contributed by atoms with E-state index in [9.17, 15) is 13.2 Å². The number of amides is 1. The van der Waals surface area contributed by atoms with Gasteiger partial charge in [0.25, 0.3) is 15.9 Å². The molecule has 312 valence electrons. The first-order chi connectivity index (χ1) is 28.7. The summed E-state index contributed by atoms with van der Waals surface area (Å²) in [5.41, 5.74) is 4.70. The molecule has 1 atom stereocenters. The molecule has 8 rings (SSSR count). The molecule has 0 bridgehead atoms. The maximum Gasteiger partial charge on any atom is 0.268 e. The van der Waals surface area contributed by atoms with Crippen molar-refractivity contribution >= 4 is 49.9 Å². The number of halogens is 1. The molecule has 3 aromatic carbocycles. The number of aryl methyl sites for hydroxylation is 1. The lowest BCUT2D eigenvalue weighted by molar-refractivity contribution is 0.0378. The van der Waals surface area contributed by atoms with Crippen LogP contribution >= 0.6 is 11.6 Å². The average molecular weight is 840 g/mol. The highest BCUT2D eigenvalue weighted by Gasteiger charge is 2.29. The first-order valence-corrected chi connectivity index (χ1v) is 22.8. The summed E-state index contributed by atoms with van der Waals surface area (Å²) in [5.74, 6) is 0.477. The van der Waals surface area contributed by atoms with Crippen molar-refractivity contribution in [3.63, 3.8) is 0 Å². The van der Waals surface area contributed by atoms with Gasteiger partial charge in [-0.3, -0.25) is 14.6 Å². The smallest absolute Gasteiger partial charge is 0.268 e. The quantitative estimate of drug-likeness (QED) is 0.0946. The van der Waals surface area contributed by atoms with Crippen LogP contribution in [0.4, 0.5) is 11.4 Å². The third-order valence-corrected chi connectivity index (χ3v) is 13.5. The number of hydrogen-bond donors (Lipinski definition) is 3. The van der Waals surface area contributed by atoms with E-state index in [1.54, 1.807) is 30.6 Å². The van der Waals surface area contributed by atoms with Crippen molar-refractivity contribution in [2.24, 2.45) is 5.92 Å². The first kappa shape index (κ1) is 41.1. The fraction of sp³-hybridized carbons (Fsp3) is 0.422. The normalized spacial score (nSPS) is 18.5. The summed E-state index contributed by atoms with van der Waals surface area (Å²) < 4.78 is 41.4. The van der Waals surface area contributed by atoms with Crippen LogP contribution in [0.25, 0.3) is 11.0 Å². The summed E-state index contributed by atoms with van der Waals surface area (Å²) in [5, 5.41) is 5.05. The minimum Gasteiger partial charge on any atom is -0.455 e. The van der Waals surface area contributed by atoms with E-state index in [-0.39, 0.29) is 16.2 Å². The Hall–Kier alpha value is -4.66. The third-order valence-electron chi connectivity index (χ3n) is 12.0. The van der Waals surface area contributed by atoms with Crippen LogP contribution in [0.5, 0.6) is 11.5 Å². The van der Waals surface area contributed by atoms with Crippen LogP contribution in [0.2, 0.25) is 5.02 Å². The van der Waals surface area contributed by atoms with E-state index in [1.165, 1.54) is 24.5 Å². The van der Waals surface area contributed by atoms with Crippen LogP contribution < -0.4 is 19.7 Å². The van der Waals surface area contributed by atoms with E-state index in [0.29, 0.717) is 23.4 Å². The molecule has 14 heteroatoms. The number of piperidine rings is 2. The SMILES string of the molecule is Cc1cc(S(=O)(=O)NC(=O)c2ccc(N3CCC(CN4CCCCC4c4ccc(Cl)cc4)CC3)cc2Oc2cnc3[nH]ccc3c2)ccc1NCCCN1CCOCC1. The summed E-state index contributed by atoms with van der Waals surface area (Å²) in [6.07, 6.45) is 10.0. The number of pyridine rings is 1. The Kier molecular flexibility index (Phi) is 13.0. The number of benzene rings is 3. The molecule has 3 N–H and O–H groups in total. The predicted molar refractivity (Wildman–Crippen MR) is 233 cm³/mol. The maximum absolute atomic E-state index is 13.9. The average Bonchev–Trinajstić information content (AvgIpc) is 3.72. The zero-order valence-corrected chi connectivity index (χ0v) is 35.2. The number of anilines is 2. The minimum atomic E-state index is -4.21. The van der Waals surface area contributed by atoms with E-state index in [2.05, 4.69) is 46.8 Å². The number of carbonyl (C=O) groups is 1. The topological polar surface area (TPSA) is 132 Å². The van der Waals surface area contributed by atoms with Gasteiger partial charge < -0.3 is 24.7 Å². The first-order valence-electron chi connectivity index (χ1n) is 20.9. The van der Waals surface area contributed by atoms with Gasteiger partial charge in [0.05, 0.1) is 29.9 Å². The van der Waals surface area contributed by atoms with E-state index >= 15 is 0 Å². The van der Waals surface area contributed by atoms with Crippen molar-refractivity contribution in [2.45, 2.75) is 56.4 Å². The van der Waals surface area contributed by atoms with Crippen LogP contribution in [0.3, 0.4) is 0 Å². The number of H-pyrrole nitrogens is 1. The molecule has 3 fully saturated rings. The maximum atomic E-state index is 13.9. The van der Waals surface area contributed by atoms with Crippen molar-refractivity contribution in [1.82, 2.24) is 24.5 Å². The molecule has 1 unspecified atom stereocenters. The molecule has 0 aliphatic carbocycles. The lowest BCUT2D eigenvalue weighted by Crippen LogP contribution is -2.41. The summed E-state index contributed by atoms with van der Waals surface area (Å²) >= 11 is 6.21. The molecule has 59 heavy (non-hydrogen) atoms. The predicted octanol–water partition coefficient (Wildman–Crippen LogP) is 8.01. The molecule has 0 spiro atoms. The molecule has 0 saturated carbocycles. The van der Waals surface area contributed by atoms with Gasteiger partial charge in [0.2, 0.25) is 0 Å². The van der Waals surface area contributed by atoms with Gasteiger partial charge >= 0.3 is 0 Å². The number of likely N-dealkylation sites (tertiary alicyclic amines) is 1. The van der Waals surface area contributed by atoms with E-state index in [4.69, 9.17) is 21.1 Å². The van der Waals surface area contributed by atoms with Crippen LogP contribution in [-0.4, -0.2) is 99.7 Å². The summed E-state index contributed by atoms with van der Waals surface area (Å²) in [6.45, 7) is 10.9. The van der Waals surface area contributed by atoms with Crippen LogP contribution in [0.15, 0.2) is 90.1 Å². The molecular formula is C45H54ClN7O5S. The van der Waals surface area contributed by atoms with Crippen LogP contribution in [0.1, 0.15) is 66.1 Å². The number of morpholine rings is 1. The molecule has 5 aromatic rings. The molecule has 3 aliphatic heterocycles. The van der Waals surface area contributed by atoms with Crippen LogP contribution in [0, 0.1) is 12.8 Å². The second-order valence-corrected chi connectivity index (χ2v) is 18.1. The zero-order chi connectivity index (χ0) is 40.8. The number of nitrogens with one attached hydrogen (secondary N) is 3. The number of aromatic amines is 1. The second-order valence-electron chi connectivity index (χ2n) is 16.0. The standard InChI is InChI=1S/C45H54ClN7O5S/c1-32-27-39(11-13-41(32)47-17-4-19-51-23-25-57-26-24-51)59(55,56)50-45(54)40-12-10-37(29-43(40)58-38-28-35-14-18-48-44(35)49-30-38)52-21-15-33(16-22-52)31-53-20-3-2-5-42(53)34-6-8-36(46)9-7-34/h6-14,18,27-30,33,42,47H,2-5,15-17,19-26,31H2,1H3,(H,48,49)(H,50,54). The molecule has 3 aliphatic rings. The van der Waals surface area contributed by atoms with Gasteiger partial charge in [-0.2, -0.15) is 0 Å². The summed E-state index contributed by atoms with van der Waals surface area (Å²) in [6, 6.07) is 22.7. The third kappa shape index (κ3) is 10.2. The Labute approximate surface area is 352 Å². The fourth-order valence-corrected chi connectivity index (χ4v) is 9.82. The molecule has 3 saturated heterocycles. The van der Waals surface area contributed by atoms with Gasteiger partial charge in [0, 0.05) is 79.4 Å². The Morgan fingerprint density at radius 1 is 0.949 bits per heavy atom. The molecular weight excluding hydrogens is 786 g/mol. The Morgan fingerprint density at radius 3 is 2.56 bits per heavy atom. The minimum absolute atomic E-state index is 0.00956. The Balaban J connectivity index is 0.942. The Morgan fingerprint density at radius 2 is 1.76 bits per heavy atom. The van der Waals surface area contributed by atoms with E-state index in [0.717, 1.165) is 119 Å². The van der Waals surface area contributed by atoms with Gasteiger partial charge in [0.15, 0.2) is 0 Å². The zero-order valence-electron chi connectivity index (χ0n) is 33.7. The summed E-state index contributed by atoms with van der Waals surface area (Å²) in [7, 11) is -4.21. The van der Waals surface area contributed by atoms with Gasteiger partial charge in [0.1, 0.15) is 17.1 Å². The number of hydrogen-bond acceptors (Lipinski definition) is 10. The van der Waals surface area contributed by atoms with Gasteiger partial charge in [-0.15, -0.1) is 0 Å². The lowest BCUT2D eigenvalue weighted by atomic mass is 9.91. The lowest BCUT2D eigenvalue weighted by Gasteiger charge is -2.41. The number of aromatic nitrogens is 2. The number of rotatable bonds is 14. The van der Waals surface area contributed by atoms with Crippen molar-refractivity contribution in [3.05, 3.63) is 107 Å². The van der Waals surface area contributed by atoms with Crippen LogP contribution in [-0.2, 0) is 14.8 Å². The number of ether oxygens (including phenoxy) is 2. The molecule has 2 aromatic heterocycles.